The number of anilines is 1. The lowest BCUT2D eigenvalue weighted by atomic mass is 10.0. The minimum absolute atomic E-state index is 0.110. The monoisotopic (exact) mass is 568 g/mol. The van der Waals surface area contributed by atoms with Gasteiger partial charge in [-0.25, -0.2) is 18.4 Å². The summed E-state index contributed by atoms with van der Waals surface area (Å²) in [6.45, 7) is 10.4. The number of fused-ring (bicyclic) bond motifs is 1. The maximum atomic E-state index is 13.2. The van der Waals surface area contributed by atoms with Gasteiger partial charge in [0, 0.05) is 25.4 Å². The van der Waals surface area contributed by atoms with Gasteiger partial charge >= 0.3 is 6.18 Å². The summed E-state index contributed by atoms with van der Waals surface area (Å²) < 4.78 is 71.4. The van der Waals surface area contributed by atoms with E-state index in [-0.39, 0.29) is 39.8 Å². The maximum absolute atomic E-state index is 13.2. The topological polar surface area (TPSA) is 103 Å². The van der Waals surface area contributed by atoms with Crippen LogP contribution in [-0.4, -0.2) is 54.9 Å². The molecule has 1 aromatic carbocycles. The predicted molar refractivity (Wildman–Crippen MR) is 143 cm³/mol. The number of pyridine rings is 1. The molecule has 206 valence electrons. The number of hydrogen-bond donors (Lipinski definition) is 1. The Morgan fingerprint density at radius 3 is 2.24 bits per heavy atom. The molecule has 13 heteroatoms. The van der Waals surface area contributed by atoms with Crippen LogP contribution in [0.4, 0.5) is 19.0 Å². The number of benzene rings is 1. The van der Waals surface area contributed by atoms with E-state index in [4.69, 9.17) is 4.43 Å². The van der Waals surface area contributed by atoms with E-state index >= 15 is 0 Å². The minimum Gasteiger partial charge on any atom is -0.407 e. The molecule has 8 nitrogen and oxygen atoms in total. The average molecular weight is 569 g/mol. The Morgan fingerprint density at radius 1 is 1.11 bits per heavy atom. The zero-order valence-corrected chi connectivity index (χ0v) is 23.9. The van der Waals surface area contributed by atoms with Crippen LogP contribution in [0, 0.1) is 0 Å². The Bertz CT molecular complexity index is 1530. The third-order valence-electron chi connectivity index (χ3n) is 7.29. The third-order valence-corrected chi connectivity index (χ3v) is 13.8. The van der Waals surface area contributed by atoms with Gasteiger partial charge in [0.2, 0.25) is 0 Å². The van der Waals surface area contributed by atoms with Gasteiger partial charge in [0.05, 0.1) is 28.9 Å². The van der Waals surface area contributed by atoms with E-state index in [2.05, 4.69) is 36.1 Å². The van der Waals surface area contributed by atoms with Gasteiger partial charge in [-0.3, -0.25) is 4.79 Å². The number of nitrogens with zero attached hydrogens (tertiary/aromatic N) is 3. The number of aryl methyl sites for hydroxylation is 1. The van der Waals surface area contributed by atoms with Crippen LogP contribution in [0.1, 0.15) is 26.3 Å². The molecule has 38 heavy (non-hydrogen) atoms. The van der Waals surface area contributed by atoms with E-state index in [9.17, 15) is 26.4 Å². The van der Waals surface area contributed by atoms with Crippen molar-refractivity contribution in [2.45, 2.75) is 50.7 Å². The summed E-state index contributed by atoms with van der Waals surface area (Å²) in [5.74, 6) is -0.0823. The number of alkyl halides is 3. The van der Waals surface area contributed by atoms with Crippen molar-refractivity contribution in [2.75, 3.05) is 23.4 Å². The largest absolute Gasteiger partial charge is 0.416 e. The Kier molecular flexibility index (Phi) is 6.81. The molecule has 1 aliphatic heterocycles. The van der Waals surface area contributed by atoms with Gasteiger partial charge in [-0.15, -0.1) is 0 Å². The molecule has 0 saturated carbocycles. The molecule has 1 aliphatic rings. The molecule has 4 rings (SSSR count). The van der Waals surface area contributed by atoms with Crippen molar-refractivity contribution in [3.05, 3.63) is 52.7 Å². The first kappa shape index (κ1) is 28.2. The van der Waals surface area contributed by atoms with Gasteiger partial charge in [-0.1, -0.05) is 32.9 Å². The molecule has 0 bridgehead atoms. The number of halogens is 3. The van der Waals surface area contributed by atoms with Crippen molar-refractivity contribution in [3.8, 4) is 11.1 Å². The highest BCUT2D eigenvalue weighted by Crippen LogP contribution is 2.42. The summed E-state index contributed by atoms with van der Waals surface area (Å²) in [4.78, 5) is 22.0. The molecular formula is C25H31F3N4O4SSi. The zero-order chi connectivity index (χ0) is 28.3. The molecule has 1 fully saturated rings. The van der Waals surface area contributed by atoms with E-state index in [1.807, 2.05) is 13.1 Å². The van der Waals surface area contributed by atoms with Crippen LogP contribution in [0.15, 0.2) is 41.6 Å². The maximum Gasteiger partial charge on any atom is 0.416 e. The van der Waals surface area contributed by atoms with Crippen molar-refractivity contribution in [1.29, 1.82) is 0 Å². The summed E-state index contributed by atoms with van der Waals surface area (Å²) in [5, 5.41) is 3.14. The number of nitrogens with one attached hydrogen (secondary N) is 1. The first-order valence-corrected chi connectivity index (χ1v) is 16.7. The lowest BCUT2D eigenvalue weighted by Crippen LogP contribution is -2.65. The Morgan fingerprint density at radius 2 is 1.71 bits per heavy atom. The highest BCUT2D eigenvalue weighted by atomic mass is 32.2. The fourth-order valence-corrected chi connectivity index (χ4v) is 7.95. The number of hydrogen-bond acceptors (Lipinski definition) is 7. The molecule has 0 atom stereocenters. The Labute approximate surface area is 220 Å². The third kappa shape index (κ3) is 5.36. The van der Waals surface area contributed by atoms with E-state index in [0.29, 0.717) is 11.1 Å². The van der Waals surface area contributed by atoms with Crippen molar-refractivity contribution < 1.29 is 26.0 Å². The van der Waals surface area contributed by atoms with E-state index in [1.54, 1.807) is 0 Å². The van der Waals surface area contributed by atoms with Crippen molar-refractivity contribution >= 4 is 34.9 Å². The summed E-state index contributed by atoms with van der Waals surface area (Å²) in [5.41, 5.74) is -1.07. The van der Waals surface area contributed by atoms with Crippen molar-refractivity contribution in [2.24, 2.45) is 7.05 Å². The lowest BCUT2D eigenvalue weighted by molar-refractivity contribution is -0.137. The minimum atomic E-state index is -4.47. The summed E-state index contributed by atoms with van der Waals surface area (Å²) in [6, 6.07) is 4.56. The molecular weight excluding hydrogens is 537 g/mol. The quantitative estimate of drug-likeness (QED) is 0.433. The Balaban J connectivity index is 1.73. The van der Waals surface area contributed by atoms with Crippen LogP contribution in [0.25, 0.3) is 22.0 Å². The van der Waals surface area contributed by atoms with Gasteiger partial charge in [-0.05, 0) is 35.8 Å². The summed E-state index contributed by atoms with van der Waals surface area (Å²) >= 11 is 0. The molecule has 0 spiro atoms. The van der Waals surface area contributed by atoms with Gasteiger partial charge in [0.25, 0.3) is 5.56 Å². The molecule has 1 N–H and O–H groups in total. The second-order valence-electron chi connectivity index (χ2n) is 11.4. The van der Waals surface area contributed by atoms with Gasteiger partial charge < -0.3 is 14.3 Å². The molecule has 3 heterocycles. The normalized spacial score (nSPS) is 17.3. The Hall–Kier alpha value is -2.77. The van der Waals surface area contributed by atoms with Crippen LogP contribution < -0.4 is 10.9 Å². The molecule has 0 amide bonds. The summed E-state index contributed by atoms with van der Waals surface area (Å²) in [6.07, 6.45) is -1.70. The molecule has 0 unspecified atom stereocenters. The molecule has 0 radical (unpaired) electrons. The number of sulfone groups is 1. The molecule has 2 aromatic heterocycles. The fraction of sp³-hybridized carbons (Fsp3) is 0.480. The molecule has 1 saturated heterocycles. The molecule has 3 aromatic rings. The second-order valence-corrected chi connectivity index (χ2v) is 18.2. The SMILES string of the molecule is Cn1cnc2c(-c3ccc(C(F)(F)F)cc3)cnc(NCC3(O[Si](C)(C)C(C)(C)C)CS(=O)(=O)C3)c2c1=O. The van der Waals surface area contributed by atoms with Crippen molar-refractivity contribution in [1.82, 2.24) is 14.5 Å². The lowest BCUT2D eigenvalue weighted by Gasteiger charge is -2.49. The first-order valence-electron chi connectivity index (χ1n) is 12.0. The predicted octanol–water partition coefficient (Wildman–Crippen LogP) is 4.62. The van der Waals surface area contributed by atoms with E-state index in [0.717, 1.165) is 12.1 Å². The molecule has 0 aliphatic carbocycles. The van der Waals surface area contributed by atoms with Gasteiger partial charge in [0.15, 0.2) is 18.2 Å². The van der Waals surface area contributed by atoms with Gasteiger partial charge in [-0.2, -0.15) is 13.2 Å². The second kappa shape index (κ2) is 9.16. The highest BCUT2D eigenvalue weighted by Gasteiger charge is 2.54. The van der Waals surface area contributed by atoms with Crippen molar-refractivity contribution in [3.63, 3.8) is 0 Å². The number of rotatable bonds is 6. The van der Waals surface area contributed by atoms with Crippen LogP contribution in [-0.2, 0) is 27.5 Å². The van der Waals surface area contributed by atoms with Crippen LogP contribution in [0.3, 0.4) is 0 Å². The highest BCUT2D eigenvalue weighted by molar-refractivity contribution is 7.93. The van der Waals surface area contributed by atoms with Gasteiger partial charge in [0.1, 0.15) is 16.8 Å². The average Bonchev–Trinajstić information content (AvgIpc) is 2.77. The number of aromatic nitrogens is 3. The fourth-order valence-electron chi connectivity index (χ4n) is 4.29. The smallest absolute Gasteiger partial charge is 0.407 e. The van der Waals surface area contributed by atoms with Crippen LogP contribution in [0.2, 0.25) is 18.1 Å². The zero-order valence-electron chi connectivity index (χ0n) is 22.1. The summed E-state index contributed by atoms with van der Waals surface area (Å²) in [7, 11) is -4.05. The standard InChI is InChI=1S/C25H31F3N4O4SSi/c1-23(2,3)38(5,6)36-24(13-37(34,35)14-24)12-30-21-19-20(31-15-32(4)22(19)33)18(11-29-21)16-7-9-17(10-8-16)25(26,27)28/h7-11,15H,12-14H2,1-6H3,(H,29,30). The van der Waals surface area contributed by atoms with Crippen LogP contribution >= 0.6 is 0 Å². The first-order chi connectivity index (χ1) is 17.3. The van der Waals surface area contributed by atoms with E-state index in [1.165, 1.54) is 36.3 Å². The van der Waals surface area contributed by atoms with Crippen LogP contribution in [0.5, 0.6) is 0 Å². The van der Waals surface area contributed by atoms with E-state index < -0.39 is 41.1 Å².